The third kappa shape index (κ3) is 1.42. The van der Waals surface area contributed by atoms with Crippen LogP contribution in [0.2, 0.25) is 0 Å². The highest BCUT2D eigenvalue weighted by atomic mass is 14.7. The molecular formula is C4H10N4. The van der Waals surface area contributed by atoms with Gasteiger partial charge in [-0.15, -0.1) is 0 Å². The van der Waals surface area contributed by atoms with Crippen LogP contribution in [0.25, 0.3) is 0 Å². The van der Waals surface area contributed by atoms with E-state index in [0.29, 0.717) is 11.4 Å². The topological polar surface area (TPSA) is 104 Å². The summed E-state index contributed by atoms with van der Waals surface area (Å²) < 4.78 is 0. The van der Waals surface area contributed by atoms with Gasteiger partial charge in [0.05, 0.1) is 11.4 Å². The second-order valence-corrected chi connectivity index (χ2v) is 1.24. The highest BCUT2D eigenvalue weighted by molar-refractivity contribution is 5.22. The predicted octanol–water partition coefficient (Wildman–Crippen LogP) is -1.50. The maximum absolute atomic E-state index is 5.19. The lowest BCUT2D eigenvalue weighted by atomic mass is 10.4. The molecule has 0 unspecified atom stereocenters. The zero-order valence-corrected chi connectivity index (χ0v) is 4.46. The first-order valence-corrected chi connectivity index (χ1v) is 2.07. The van der Waals surface area contributed by atoms with Gasteiger partial charge in [-0.3, -0.25) is 0 Å². The van der Waals surface area contributed by atoms with Crippen LogP contribution in [-0.4, -0.2) is 0 Å². The van der Waals surface area contributed by atoms with Gasteiger partial charge in [0.25, 0.3) is 0 Å². The molecule has 8 N–H and O–H groups in total. The van der Waals surface area contributed by atoms with E-state index >= 15 is 0 Å². The SMILES string of the molecule is N/C=C(N)\C(N)=C/N. The second kappa shape index (κ2) is 2.79. The van der Waals surface area contributed by atoms with Gasteiger partial charge in [0, 0.05) is 12.4 Å². The molecule has 0 bridgehead atoms. The molecule has 0 atom stereocenters. The van der Waals surface area contributed by atoms with Gasteiger partial charge < -0.3 is 22.9 Å². The summed E-state index contributed by atoms with van der Waals surface area (Å²) in [7, 11) is 0. The molecule has 0 saturated heterocycles. The van der Waals surface area contributed by atoms with E-state index < -0.39 is 0 Å². The molecule has 0 aromatic carbocycles. The molecule has 0 amide bonds. The Labute approximate surface area is 47.8 Å². The molecule has 8 heavy (non-hydrogen) atoms. The molecule has 0 rings (SSSR count). The quantitative estimate of drug-likeness (QED) is 0.311. The zero-order chi connectivity index (χ0) is 6.57. The fourth-order valence-corrected chi connectivity index (χ4v) is 0.192. The van der Waals surface area contributed by atoms with Crippen molar-refractivity contribution in [2.75, 3.05) is 0 Å². The highest BCUT2D eigenvalue weighted by Crippen LogP contribution is 1.87. The van der Waals surface area contributed by atoms with E-state index in [4.69, 9.17) is 22.9 Å². The summed E-state index contributed by atoms with van der Waals surface area (Å²) in [5.41, 5.74) is 20.9. The molecule has 0 aromatic rings. The van der Waals surface area contributed by atoms with Crippen molar-refractivity contribution in [3.63, 3.8) is 0 Å². The standard InChI is InChI=1S/C4H10N4/c5-1-3(7)4(8)2-6/h1-2H,5-8H2/b3-1+,4-2+. The molecule has 4 heteroatoms. The van der Waals surface area contributed by atoms with Crippen molar-refractivity contribution in [1.82, 2.24) is 0 Å². The molecule has 0 heterocycles. The average molecular weight is 114 g/mol. The molecule has 0 aliphatic carbocycles. The zero-order valence-electron chi connectivity index (χ0n) is 4.46. The Morgan fingerprint density at radius 1 is 0.875 bits per heavy atom. The molecular weight excluding hydrogens is 104 g/mol. The Morgan fingerprint density at radius 2 is 1.12 bits per heavy atom. The first-order valence-electron chi connectivity index (χ1n) is 2.07. The monoisotopic (exact) mass is 114 g/mol. The summed E-state index contributed by atoms with van der Waals surface area (Å²) in [4.78, 5) is 0. The predicted molar refractivity (Wildman–Crippen MR) is 32.9 cm³/mol. The van der Waals surface area contributed by atoms with E-state index in [2.05, 4.69) is 0 Å². The Morgan fingerprint density at radius 3 is 1.25 bits per heavy atom. The van der Waals surface area contributed by atoms with Crippen molar-refractivity contribution in [2.45, 2.75) is 0 Å². The molecule has 46 valence electrons. The molecule has 0 aliphatic rings. The van der Waals surface area contributed by atoms with Crippen LogP contribution in [0.1, 0.15) is 0 Å². The summed E-state index contributed by atoms with van der Waals surface area (Å²) in [6.45, 7) is 0. The average Bonchev–Trinajstić information content (AvgIpc) is 1.84. The van der Waals surface area contributed by atoms with Gasteiger partial charge in [-0.1, -0.05) is 0 Å². The van der Waals surface area contributed by atoms with E-state index in [-0.39, 0.29) is 0 Å². The smallest absolute Gasteiger partial charge is 0.0720 e. The van der Waals surface area contributed by atoms with Crippen LogP contribution < -0.4 is 22.9 Å². The Bertz CT molecular complexity index is 108. The first-order chi connectivity index (χ1) is 3.72. The van der Waals surface area contributed by atoms with E-state index in [0.717, 1.165) is 0 Å². The third-order valence-electron chi connectivity index (χ3n) is 0.692. The molecule has 0 saturated carbocycles. The number of hydrogen-bond donors (Lipinski definition) is 4. The Kier molecular flexibility index (Phi) is 2.33. The largest absolute Gasteiger partial charge is 0.403 e. The van der Waals surface area contributed by atoms with Gasteiger partial charge >= 0.3 is 0 Å². The molecule has 0 aromatic heterocycles. The van der Waals surface area contributed by atoms with Crippen molar-refractivity contribution >= 4 is 0 Å². The van der Waals surface area contributed by atoms with Crippen LogP contribution in [0.3, 0.4) is 0 Å². The van der Waals surface area contributed by atoms with Crippen molar-refractivity contribution in [1.29, 1.82) is 0 Å². The minimum absolute atomic E-state index is 0.299. The van der Waals surface area contributed by atoms with Gasteiger partial charge in [0.1, 0.15) is 0 Å². The van der Waals surface area contributed by atoms with E-state index in [1.165, 1.54) is 12.4 Å². The minimum Gasteiger partial charge on any atom is -0.403 e. The van der Waals surface area contributed by atoms with Crippen molar-refractivity contribution in [3.8, 4) is 0 Å². The van der Waals surface area contributed by atoms with Crippen molar-refractivity contribution in [2.24, 2.45) is 22.9 Å². The van der Waals surface area contributed by atoms with E-state index in [9.17, 15) is 0 Å². The minimum atomic E-state index is 0.299. The Balaban J connectivity index is 4.04. The molecule has 0 spiro atoms. The van der Waals surface area contributed by atoms with Crippen LogP contribution in [0.5, 0.6) is 0 Å². The molecule has 0 fully saturated rings. The summed E-state index contributed by atoms with van der Waals surface area (Å²) in [5.74, 6) is 0. The summed E-state index contributed by atoms with van der Waals surface area (Å²) in [5, 5.41) is 0. The Hall–Kier alpha value is -1.32. The molecule has 4 nitrogen and oxygen atoms in total. The summed E-state index contributed by atoms with van der Waals surface area (Å²) >= 11 is 0. The van der Waals surface area contributed by atoms with Gasteiger partial charge in [-0.2, -0.15) is 0 Å². The normalized spacial score (nSPS) is 14.0. The van der Waals surface area contributed by atoms with E-state index in [1.807, 2.05) is 0 Å². The maximum Gasteiger partial charge on any atom is 0.0720 e. The lowest BCUT2D eigenvalue weighted by Crippen LogP contribution is -2.12. The van der Waals surface area contributed by atoms with Crippen molar-refractivity contribution in [3.05, 3.63) is 23.8 Å². The highest BCUT2D eigenvalue weighted by Gasteiger charge is 1.87. The lowest BCUT2D eigenvalue weighted by molar-refractivity contribution is 1.20. The van der Waals surface area contributed by atoms with Crippen LogP contribution in [0, 0.1) is 0 Å². The van der Waals surface area contributed by atoms with Gasteiger partial charge in [0.15, 0.2) is 0 Å². The van der Waals surface area contributed by atoms with Gasteiger partial charge in [-0.25, -0.2) is 0 Å². The fraction of sp³-hybridized carbons (Fsp3) is 0. The summed E-state index contributed by atoms with van der Waals surface area (Å²) in [6.07, 6.45) is 2.39. The molecule has 0 radical (unpaired) electrons. The number of hydrogen-bond acceptors (Lipinski definition) is 4. The van der Waals surface area contributed by atoms with Crippen molar-refractivity contribution < 1.29 is 0 Å². The summed E-state index contributed by atoms with van der Waals surface area (Å²) in [6, 6.07) is 0. The first kappa shape index (κ1) is 6.68. The van der Waals surface area contributed by atoms with Crippen LogP contribution in [0.15, 0.2) is 23.8 Å². The van der Waals surface area contributed by atoms with Crippen LogP contribution in [0.4, 0.5) is 0 Å². The maximum atomic E-state index is 5.19. The van der Waals surface area contributed by atoms with E-state index in [1.54, 1.807) is 0 Å². The fourth-order valence-electron chi connectivity index (χ4n) is 0.192. The lowest BCUT2D eigenvalue weighted by Gasteiger charge is -1.95. The third-order valence-corrected chi connectivity index (χ3v) is 0.692. The second-order valence-electron chi connectivity index (χ2n) is 1.24. The van der Waals surface area contributed by atoms with Gasteiger partial charge in [0.2, 0.25) is 0 Å². The van der Waals surface area contributed by atoms with Crippen LogP contribution in [-0.2, 0) is 0 Å². The number of rotatable bonds is 1. The van der Waals surface area contributed by atoms with Crippen LogP contribution >= 0.6 is 0 Å². The van der Waals surface area contributed by atoms with Gasteiger partial charge in [-0.05, 0) is 0 Å². The number of nitrogens with two attached hydrogens (primary N) is 4. The molecule has 0 aliphatic heterocycles.